The van der Waals surface area contributed by atoms with Crippen molar-refractivity contribution in [1.29, 1.82) is 0 Å². The molecular formula is C19H23ClN2O2S. The van der Waals surface area contributed by atoms with Gasteiger partial charge in [0.1, 0.15) is 0 Å². The zero-order chi connectivity index (χ0) is 17.9. The molecule has 6 heteroatoms. The molecule has 0 amide bonds. The molecule has 25 heavy (non-hydrogen) atoms. The predicted octanol–water partition coefficient (Wildman–Crippen LogP) is 4.05. The maximum atomic E-state index is 12.3. The van der Waals surface area contributed by atoms with Gasteiger partial charge in [0.2, 0.25) is 10.0 Å². The molecule has 0 radical (unpaired) electrons. The lowest BCUT2D eigenvalue weighted by Gasteiger charge is -2.32. The van der Waals surface area contributed by atoms with Crippen molar-refractivity contribution in [2.75, 3.05) is 18.0 Å². The summed E-state index contributed by atoms with van der Waals surface area (Å²) in [4.78, 5) is 2.62. The maximum absolute atomic E-state index is 12.3. The summed E-state index contributed by atoms with van der Waals surface area (Å²) in [6, 6.07) is 14.3. The molecule has 3 rings (SSSR count). The monoisotopic (exact) mass is 378 g/mol. The van der Waals surface area contributed by atoms with E-state index in [1.54, 1.807) is 12.1 Å². The topological polar surface area (TPSA) is 49.4 Å². The number of benzene rings is 2. The number of hydrogen-bond donors (Lipinski definition) is 1. The minimum Gasteiger partial charge on any atom is -0.371 e. The average molecular weight is 379 g/mol. The van der Waals surface area contributed by atoms with Crippen LogP contribution in [0.3, 0.4) is 0 Å². The van der Waals surface area contributed by atoms with Crippen LogP contribution in [0.5, 0.6) is 0 Å². The molecule has 2 aromatic rings. The molecule has 134 valence electrons. The highest BCUT2D eigenvalue weighted by Gasteiger charge is 2.17. The van der Waals surface area contributed by atoms with Crippen molar-refractivity contribution in [3.05, 3.63) is 59.1 Å². The third-order valence-corrected chi connectivity index (χ3v) is 6.22. The minimum absolute atomic E-state index is 0.218. The van der Waals surface area contributed by atoms with Gasteiger partial charge in [-0.1, -0.05) is 30.7 Å². The molecule has 1 fully saturated rings. The number of halogens is 1. The van der Waals surface area contributed by atoms with Crippen molar-refractivity contribution < 1.29 is 8.42 Å². The lowest BCUT2D eigenvalue weighted by atomic mass is 9.99. The Labute approximate surface area is 154 Å². The molecule has 2 aromatic carbocycles. The molecule has 1 heterocycles. The summed E-state index contributed by atoms with van der Waals surface area (Å²) in [6.45, 7) is 4.73. The summed E-state index contributed by atoms with van der Waals surface area (Å²) in [6.07, 6.45) is 2.52. The second-order valence-electron chi connectivity index (χ2n) is 6.64. The van der Waals surface area contributed by atoms with E-state index < -0.39 is 10.0 Å². The summed E-state index contributed by atoms with van der Waals surface area (Å²) in [5, 5.41) is 0.515. The molecule has 0 saturated carbocycles. The Morgan fingerprint density at radius 1 is 1.12 bits per heavy atom. The molecule has 0 aromatic heterocycles. The van der Waals surface area contributed by atoms with E-state index in [4.69, 9.17) is 11.6 Å². The predicted molar refractivity (Wildman–Crippen MR) is 103 cm³/mol. The van der Waals surface area contributed by atoms with E-state index in [0.717, 1.165) is 24.6 Å². The summed E-state index contributed by atoms with van der Waals surface area (Å²) in [5.41, 5.74) is 2.14. The first kappa shape index (κ1) is 18.2. The van der Waals surface area contributed by atoms with Crippen LogP contribution in [-0.2, 0) is 16.6 Å². The van der Waals surface area contributed by atoms with Gasteiger partial charge in [0, 0.05) is 30.3 Å². The fourth-order valence-electron chi connectivity index (χ4n) is 3.12. The first-order valence-corrected chi connectivity index (χ1v) is 10.4. The van der Waals surface area contributed by atoms with Gasteiger partial charge in [0.25, 0.3) is 0 Å². The third-order valence-electron chi connectivity index (χ3n) is 4.55. The molecular weight excluding hydrogens is 356 g/mol. The van der Waals surface area contributed by atoms with E-state index in [-0.39, 0.29) is 11.4 Å². The van der Waals surface area contributed by atoms with Crippen molar-refractivity contribution in [3.8, 4) is 0 Å². The van der Waals surface area contributed by atoms with Gasteiger partial charge in [0.05, 0.1) is 4.90 Å². The lowest BCUT2D eigenvalue weighted by Crippen LogP contribution is -2.34. The molecule has 0 aliphatic carbocycles. The van der Waals surface area contributed by atoms with Crippen molar-refractivity contribution in [3.63, 3.8) is 0 Å². The molecule has 1 N–H and O–H groups in total. The maximum Gasteiger partial charge on any atom is 0.240 e. The molecule has 0 bridgehead atoms. The molecule has 0 unspecified atom stereocenters. The quantitative estimate of drug-likeness (QED) is 0.853. The standard InChI is InChI=1S/C19H23ClN2O2S/c1-15-3-2-12-22(14-15)18-8-4-16(5-9-18)13-21-25(23,24)19-10-6-17(20)7-11-19/h4-11,15,21H,2-3,12-14H2,1H3/t15-/m1/s1. The van der Waals surface area contributed by atoms with Gasteiger partial charge in [-0.3, -0.25) is 0 Å². The Morgan fingerprint density at radius 2 is 1.80 bits per heavy atom. The molecule has 4 nitrogen and oxygen atoms in total. The minimum atomic E-state index is -3.53. The Bertz CT molecular complexity index is 804. The first-order valence-electron chi connectivity index (χ1n) is 8.53. The Kier molecular flexibility index (Phi) is 5.67. The normalized spacial score (nSPS) is 18.3. The van der Waals surface area contributed by atoms with E-state index >= 15 is 0 Å². The number of anilines is 1. The number of hydrogen-bond acceptors (Lipinski definition) is 3. The van der Waals surface area contributed by atoms with E-state index in [0.29, 0.717) is 5.02 Å². The van der Waals surface area contributed by atoms with Crippen molar-refractivity contribution >= 4 is 27.3 Å². The zero-order valence-electron chi connectivity index (χ0n) is 14.3. The van der Waals surface area contributed by atoms with Crippen LogP contribution in [0.25, 0.3) is 0 Å². The smallest absolute Gasteiger partial charge is 0.240 e. The van der Waals surface area contributed by atoms with Crippen molar-refractivity contribution in [2.45, 2.75) is 31.2 Å². The highest BCUT2D eigenvalue weighted by molar-refractivity contribution is 7.89. The highest BCUT2D eigenvalue weighted by atomic mass is 35.5. The number of nitrogens with one attached hydrogen (secondary N) is 1. The average Bonchev–Trinajstić information content (AvgIpc) is 2.61. The molecule has 1 aliphatic heterocycles. The van der Waals surface area contributed by atoms with Gasteiger partial charge < -0.3 is 4.90 Å². The fourth-order valence-corrected chi connectivity index (χ4v) is 4.27. The summed E-state index contributed by atoms with van der Waals surface area (Å²) in [7, 11) is -3.53. The number of piperidine rings is 1. The number of sulfonamides is 1. The van der Waals surface area contributed by atoms with Gasteiger partial charge in [-0.25, -0.2) is 13.1 Å². The second kappa shape index (κ2) is 7.77. The van der Waals surface area contributed by atoms with E-state index in [1.807, 2.05) is 12.1 Å². The Hall–Kier alpha value is -1.56. The molecule has 1 saturated heterocycles. The van der Waals surface area contributed by atoms with Gasteiger partial charge in [-0.2, -0.15) is 0 Å². The lowest BCUT2D eigenvalue weighted by molar-refractivity contribution is 0.447. The van der Waals surface area contributed by atoms with E-state index in [9.17, 15) is 8.42 Å². The molecule has 1 aliphatic rings. The van der Waals surface area contributed by atoms with Gasteiger partial charge in [-0.05, 0) is 60.7 Å². The second-order valence-corrected chi connectivity index (χ2v) is 8.84. The Balaban J connectivity index is 1.62. The first-order chi connectivity index (χ1) is 11.9. The SMILES string of the molecule is C[C@@H]1CCCN(c2ccc(CNS(=O)(=O)c3ccc(Cl)cc3)cc2)C1. The van der Waals surface area contributed by atoms with Gasteiger partial charge in [-0.15, -0.1) is 0 Å². The zero-order valence-corrected chi connectivity index (χ0v) is 15.9. The Morgan fingerprint density at radius 3 is 2.44 bits per heavy atom. The summed E-state index contributed by atoms with van der Waals surface area (Å²) < 4.78 is 27.2. The largest absolute Gasteiger partial charge is 0.371 e. The van der Waals surface area contributed by atoms with Crippen molar-refractivity contribution in [2.24, 2.45) is 5.92 Å². The number of nitrogens with zero attached hydrogens (tertiary/aromatic N) is 1. The third kappa shape index (κ3) is 4.75. The van der Waals surface area contributed by atoms with Crippen LogP contribution < -0.4 is 9.62 Å². The van der Waals surface area contributed by atoms with Crippen LogP contribution in [0.2, 0.25) is 5.02 Å². The molecule has 0 spiro atoms. The van der Waals surface area contributed by atoms with Crippen LogP contribution in [0, 0.1) is 5.92 Å². The molecule has 1 atom stereocenters. The number of rotatable bonds is 5. The summed E-state index contributed by atoms with van der Waals surface area (Å²) in [5.74, 6) is 0.722. The van der Waals surface area contributed by atoms with Crippen LogP contribution in [0.1, 0.15) is 25.3 Å². The summed E-state index contributed by atoms with van der Waals surface area (Å²) >= 11 is 5.80. The van der Waals surface area contributed by atoms with Crippen molar-refractivity contribution in [1.82, 2.24) is 4.72 Å². The van der Waals surface area contributed by atoms with Gasteiger partial charge >= 0.3 is 0 Å². The fraction of sp³-hybridized carbons (Fsp3) is 0.368. The highest BCUT2D eigenvalue weighted by Crippen LogP contribution is 2.23. The van der Waals surface area contributed by atoms with Crippen LogP contribution in [-0.4, -0.2) is 21.5 Å². The van der Waals surface area contributed by atoms with E-state index in [1.165, 1.54) is 30.7 Å². The van der Waals surface area contributed by atoms with Crippen LogP contribution in [0.15, 0.2) is 53.4 Å². The van der Waals surface area contributed by atoms with Gasteiger partial charge in [0.15, 0.2) is 0 Å². The van der Waals surface area contributed by atoms with Crippen LogP contribution >= 0.6 is 11.6 Å². The van der Waals surface area contributed by atoms with Crippen LogP contribution in [0.4, 0.5) is 5.69 Å². The van der Waals surface area contributed by atoms with E-state index in [2.05, 4.69) is 28.7 Å².